The Morgan fingerprint density at radius 2 is 2.17 bits per heavy atom. The smallest absolute Gasteiger partial charge is 0.311 e. The summed E-state index contributed by atoms with van der Waals surface area (Å²) in [4.78, 5) is 15.3. The van der Waals surface area contributed by atoms with Crippen LogP contribution in [-0.2, 0) is 16.0 Å². The zero-order chi connectivity index (χ0) is 13.0. The highest BCUT2D eigenvalue weighted by molar-refractivity contribution is 7.13. The van der Waals surface area contributed by atoms with Gasteiger partial charge >= 0.3 is 5.97 Å². The highest BCUT2D eigenvalue weighted by Crippen LogP contribution is 2.22. The molecule has 0 radical (unpaired) electrons. The second kappa shape index (κ2) is 5.50. The molecule has 2 N–H and O–H groups in total. The first-order chi connectivity index (χ1) is 8.67. The van der Waals surface area contributed by atoms with Crippen LogP contribution in [0.1, 0.15) is 5.69 Å². The number of anilines is 2. The second-order valence-corrected chi connectivity index (χ2v) is 4.43. The fraction of sp³-hybridized carbons (Fsp3) is 0.167. The zero-order valence-electron chi connectivity index (χ0n) is 9.71. The van der Waals surface area contributed by atoms with Crippen molar-refractivity contribution in [2.75, 3.05) is 12.4 Å². The van der Waals surface area contributed by atoms with E-state index in [0.717, 1.165) is 5.69 Å². The van der Waals surface area contributed by atoms with Crippen molar-refractivity contribution >= 4 is 28.1 Å². The summed E-state index contributed by atoms with van der Waals surface area (Å²) in [6.07, 6.45) is 0.171. The van der Waals surface area contributed by atoms with E-state index in [2.05, 4.69) is 15.0 Å². The Morgan fingerprint density at radius 3 is 2.83 bits per heavy atom. The van der Waals surface area contributed by atoms with Crippen molar-refractivity contribution < 1.29 is 14.6 Å². The minimum Gasteiger partial charge on any atom is -0.508 e. The molecule has 0 aliphatic rings. The number of hydrogen-bond acceptors (Lipinski definition) is 6. The van der Waals surface area contributed by atoms with Gasteiger partial charge in [0.25, 0.3) is 0 Å². The predicted molar refractivity (Wildman–Crippen MR) is 69.2 cm³/mol. The Kier molecular flexibility index (Phi) is 3.78. The maximum Gasteiger partial charge on any atom is 0.311 e. The summed E-state index contributed by atoms with van der Waals surface area (Å²) < 4.78 is 4.57. The van der Waals surface area contributed by atoms with E-state index >= 15 is 0 Å². The topological polar surface area (TPSA) is 71.5 Å². The van der Waals surface area contributed by atoms with Crippen molar-refractivity contribution in [2.45, 2.75) is 6.42 Å². The van der Waals surface area contributed by atoms with Crippen LogP contribution in [0.5, 0.6) is 5.75 Å². The lowest BCUT2D eigenvalue weighted by Gasteiger charge is -2.01. The summed E-state index contributed by atoms with van der Waals surface area (Å²) in [5.74, 6) is -0.0949. The molecule has 0 amide bonds. The summed E-state index contributed by atoms with van der Waals surface area (Å²) in [6, 6.07) is 6.67. The molecule has 0 aliphatic heterocycles. The molecule has 1 aromatic carbocycles. The van der Waals surface area contributed by atoms with Crippen molar-refractivity contribution in [3.63, 3.8) is 0 Å². The van der Waals surface area contributed by atoms with Gasteiger partial charge in [-0.25, -0.2) is 4.98 Å². The van der Waals surface area contributed by atoms with Crippen molar-refractivity contribution in [3.05, 3.63) is 35.3 Å². The fourth-order valence-corrected chi connectivity index (χ4v) is 2.06. The van der Waals surface area contributed by atoms with Gasteiger partial charge in [-0.1, -0.05) is 0 Å². The maximum absolute atomic E-state index is 11.1. The Morgan fingerprint density at radius 1 is 1.44 bits per heavy atom. The van der Waals surface area contributed by atoms with Crippen molar-refractivity contribution in [1.29, 1.82) is 0 Å². The number of hydrogen-bond donors (Lipinski definition) is 2. The lowest BCUT2D eigenvalue weighted by molar-refractivity contribution is -0.139. The highest BCUT2D eigenvalue weighted by Gasteiger charge is 2.07. The largest absolute Gasteiger partial charge is 0.508 e. The molecule has 6 heteroatoms. The monoisotopic (exact) mass is 264 g/mol. The normalized spacial score (nSPS) is 10.1. The molecule has 0 saturated heterocycles. The van der Waals surface area contributed by atoms with Crippen LogP contribution in [0.4, 0.5) is 10.8 Å². The number of methoxy groups -OCH3 is 1. The number of phenolic OH excluding ortho intramolecular Hbond substituents is 1. The average molecular weight is 264 g/mol. The Labute approximate surface area is 108 Å². The molecular formula is C12H12N2O3S. The maximum atomic E-state index is 11.1. The molecule has 1 aromatic heterocycles. The molecule has 0 atom stereocenters. The van der Waals surface area contributed by atoms with Gasteiger partial charge in [0.05, 0.1) is 19.2 Å². The van der Waals surface area contributed by atoms with Gasteiger partial charge < -0.3 is 15.2 Å². The molecule has 1 heterocycles. The summed E-state index contributed by atoms with van der Waals surface area (Å²) in [6.45, 7) is 0. The van der Waals surface area contributed by atoms with Gasteiger partial charge in [-0.15, -0.1) is 11.3 Å². The van der Waals surface area contributed by atoms with Gasteiger partial charge in [0.2, 0.25) is 0 Å². The van der Waals surface area contributed by atoms with E-state index in [1.807, 2.05) is 0 Å². The number of benzene rings is 1. The van der Waals surface area contributed by atoms with Gasteiger partial charge in [0.15, 0.2) is 5.13 Å². The van der Waals surface area contributed by atoms with Gasteiger partial charge in [0, 0.05) is 11.1 Å². The van der Waals surface area contributed by atoms with E-state index < -0.39 is 0 Å². The van der Waals surface area contributed by atoms with E-state index in [-0.39, 0.29) is 18.1 Å². The third kappa shape index (κ3) is 3.21. The van der Waals surface area contributed by atoms with E-state index in [4.69, 9.17) is 5.11 Å². The minimum atomic E-state index is -0.309. The number of aromatic hydroxyl groups is 1. The molecule has 0 unspecified atom stereocenters. The van der Waals surface area contributed by atoms with Gasteiger partial charge in [-0.3, -0.25) is 4.79 Å². The summed E-state index contributed by atoms with van der Waals surface area (Å²) in [5, 5.41) is 14.7. The Balaban J connectivity index is 2.02. The lowest BCUT2D eigenvalue weighted by atomic mass is 10.3. The van der Waals surface area contributed by atoms with E-state index in [9.17, 15) is 4.79 Å². The number of thiazole rings is 1. The molecule has 0 saturated carbocycles. The number of nitrogens with zero attached hydrogens (tertiary/aromatic N) is 1. The SMILES string of the molecule is COC(=O)Cc1csc(Nc2ccc(O)cc2)n1. The second-order valence-electron chi connectivity index (χ2n) is 3.57. The van der Waals surface area contributed by atoms with Crippen LogP contribution >= 0.6 is 11.3 Å². The number of rotatable bonds is 4. The molecule has 0 fully saturated rings. The third-order valence-corrected chi connectivity index (χ3v) is 3.03. The predicted octanol–water partition coefficient (Wildman–Crippen LogP) is 2.31. The highest BCUT2D eigenvalue weighted by atomic mass is 32.1. The molecule has 2 aromatic rings. The average Bonchev–Trinajstić information content (AvgIpc) is 2.79. The van der Waals surface area contributed by atoms with E-state index in [0.29, 0.717) is 10.8 Å². The molecule has 5 nitrogen and oxygen atoms in total. The lowest BCUT2D eigenvalue weighted by Crippen LogP contribution is -2.04. The molecule has 0 spiro atoms. The van der Waals surface area contributed by atoms with Crippen LogP contribution in [0.3, 0.4) is 0 Å². The first-order valence-electron chi connectivity index (χ1n) is 5.24. The van der Waals surface area contributed by atoms with Gasteiger partial charge in [-0.05, 0) is 24.3 Å². The van der Waals surface area contributed by atoms with Crippen molar-refractivity contribution in [2.24, 2.45) is 0 Å². The van der Waals surface area contributed by atoms with Crippen LogP contribution < -0.4 is 5.32 Å². The third-order valence-electron chi connectivity index (χ3n) is 2.22. The Hall–Kier alpha value is -2.08. The quantitative estimate of drug-likeness (QED) is 0.655. The molecule has 0 bridgehead atoms. The summed E-state index contributed by atoms with van der Waals surface area (Å²) in [5.41, 5.74) is 1.50. The van der Waals surface area contributed by atoms with Crippen LogP contribution in [0, 0.1) is 0 Å². The van der Waals surface area contributed by atoms with Crippen LogP contribution in [-0.4, -0.2) is 23.2 Å². The molecular weight excluding hydrogens is 252 g/mol. The number of ether oxygens (including phenoxy) is 1. The number of aromatic nitrogens is 1. The number of esters is 1. The van der Waals surface area contributed by atoms with E-state index in [1.54, 1.807) is 29.6 Å². The fourth-order valence-electron chi connectivity index (χ4n) is 1.33. The number of nitrogens with one attached hydrogen (secondary N) is 1. The minimum absolute atomic E-state index is 0.171. The zero-order valence-corrected chi connectivity index (χ0v) is 10.5. The van der Waals surface area contributed by atoms with E-state index in [1.165, 1.54) is 18.4 Å². The van der Waals surface area contributed by atoms with Gasteiger partial charge in [-0.2, -0.15) is 0 Å². The molecule has 94 valence electrons. The number of phenols is 1. The van der Waals surface area contributed by atoms with Crippen LogP contribution in [0.2, 0.25) is 0 Å². The molecule has 0 aliphatic carbocycles. The van der Waals surface area contributed by atoms with Crippen LogP contribution in [0.25, 0.3) is 0 Å². The van der Waals surface area contributed by atoms with Crippen molar-refractivity contribution in [3.8, 4) is 5.75 Å². The van der Waals surface area contributed by atoms with Gasteiger partial charge in [0.1, 0.15) is 5.75 Å². The van der Waals surface area contributed by atoms with Crippen LogP contribution in [0.15, 0.2) is 29.6 Å². The summed E-state index contributed by atoms with van der Waals surface area (Å²) in [7, 11) is 1.35. The number of carbonyl (C=O) groups is 1. The first-order valence-corrected chi connectivity index (χ1v) is 6.12. The molecule has 2 rings (SSSR count). The number of carbonyl (C=O) groups excluding carboxylic acids is 1. The first kappa shape index (κ1) is 12.4. The standard InChI is InChI=1S/C12H12N2O3S/c1-17-11(16)6-9-7-18-12(14-9)13-8-2-4-10(15)5-3-8/h2-5,7,15H,6H2,1H3,(H,13,14). The summed E-state index contributed by atoms with van der Waals surface area (Å²) >= 11 is 1.41. The molecule has 18 heavy (non-hydrogen) atoms. The van der Waals surface area contributed by atoms with Crippen molar-refractivity contribution in [1.82, 2.24) is 4.98 Å². The Bertz CT molecular complexity index is 537.